The molecular formula is C25H33N3O6. The van der Waals surface area contributed by atoms with E-state index < -0.39 is 23.9 Å². The van der Waals surface area contributed by atoms with E-state index in [9.17, 15) is 19.2 Å². The highest BCUT2D eigenvalue weighted by atomic mass is 16.5. The molecule has 2 unspecified atom stereocenters. The molecule has 4 N–H and O–H groups in total. The fraction of sp³-hybridized carbons (Fsp3) is 0.360. The van der Waals surface area contributed by atoms with Crippen LogP contribution in [0.15, 0.2) is 54.6 Å². The maximum absolute atomic E-state index is 12.0. The van der Waals surface area contributed by atoms with Crippen molar-refractivity contribution in [2.24, 2.45) is 5.92 Å². The van der Waals surface area contributed by atoms with Crippen molar-refractivity contribution in [1.82, 2.24) is 16.0 Å². The van der Waals surface area contributed by atoms with Gasteiger partial charge in [-0.1, -0.05) is 68.3 Å². The first kappa shape index (κ1) is 28.2. The number of hydrogen-bond donors (Lipinski definition) is 4. The molecule has 2 rings (SSSR count). The zero-order chi connectivity index (χ0) is 25.3. The molecule has 2 aromatic rings. The molecule has 0 saturated heterocycles. The number of aromatic hydroxyl groups is 1. The Morgan fingerprint density at radius 2 is 1.68 bits per heavy atom. The number of alkyl carbamates (subject to hydrolysis) is 1. The molecule has 0 spiro atoms. The average molecular weight is 472 g/mol. The largest absolute Gasteiger partial charge is 0.508 e. The van der Waals surface area contributed by atoms with Crippen molar-refractivity contribution in [3.8, 4) is 5.75 Å². The van der Waals surface area contributed by atoms with Gasteiger partial charge in [-0.2, -0.15) is 0 Å². The number of aldehydes is 1. The number of phenols is 1. The predicted octanol–water partition coefficient (Wildman–Crippen LogP) is 2.46. The zero-order valence-electron chi connectivity index (χ0n) is 19.7. The number of benzene rings is 2. The molecule has 0 fully saturated rings. The molecule has 0 aliphatic carbocycles. The van der Waals surface area contributed by atoms with E-state index in [0.717, 1.165) is 5.56 Å². The summed E-state index contributed by atoms with van der Waals surface area (Å²) in [4.78, 5) is 46.1. The molecule has 2 atom stereocenters. The summed E-state index contributed by atoms with van der Waals surface area (Å²) in [7, 11) is 0. The molecule has 3 amide bonds. The van der Waals surface area contributed by atoms with Gasteiger partial charge < -0.3 is 30.6 Å². The van der Waals surface area contributed by atoms with Gasteiger partial charge in [-0.3, -0.25) is 9.59 Å². The smallest absolute Gasteiger partial charge is 0.407 e. The van der Waals surface area contributed by atoms with Gasteiger partial charge in [-0.15, -0.1) is 0 Å². The van der Waals surface area contributed by atoms with Gasteiger partial charge in [-0.05, 0) is 30.5 Å². The molecule has 0 saturated carbocycles. The van der Waals surface area contributed by atoms with Crippen molar-refractivity contribution in [1.29, 1.82) is 0 Å². The summed E-state index contributed by atoms with van der Waals surface area (Å²) in [5.74, 6) is -0.758. The lowest BCUT2D eigenvalue weighted by molar-refractivity contribution is -0.130. The average Bonchev–Trinajstić information content (AvgIpc) is 2.85. The molecule has 34 heavy (non-hydrogen) atoms. The van der Waals surface area contributed by atoms with Crippen LogP contribution in [0, 0.1) is 12.8 Å². The van der Waals surface area contributed by atoms with Crippen LogP contribution in [-0.4, -0.2) is 48.4 Å². The van der Waals surface area contributed by atoms with E-state index in [-0.39, 0.29) is 25.6 Å². The monoisotopic (exact) mass is 471 g/mol. The molecule has 0 aliphatic rings. The van der Waals surface area contributed by atoms with E-state index in [2.05, 4.69) is 16.0 Å². The lowest BCUT2D eigenvalue weighted by Gasteiger charge is -2.23. The van der Waals surface area contributed by atoms with Crippen LogP contribution < -0.4 is 16.0 Å². The summed E-state index contributed by atoms with van der Waals surface area (Å²) in [5.41, 5.74) is 2.00. The number of amides is 3. The third-order valence-electron chi connectivity index (χ3n) is 4.81. The van der Waals surface area contributed by atoms with Crippen LogP contribution in [0.3, 0.4) is 0 Å². The minimum atomic E-state index is -0.783. The fourth-order valence-corrected chi connectivity index (χ4v) is 2.65. The fourth-order valence-electron chi connectivity index (χ4n) is 2.65. The van der Waals surface area contributed by atoms with Crippen LogP contribution in [-0.2, 0) is 25.7 Å². The highest BCUT2D eigenvalue weighted by Crippen LogP contribution is 2.08. The third kappa shape index (κ3) is 11.7. The zero-order valence-corrected chi connectivity index (χ0v) is 19.7. The van der Waals surface area contributed by atoms with Gasteiger partial charge in [-0.25, -0.2) is 4.79 Å². The number of nitrogens with one attached hydrogen (secondary N) is 3. The molecule has 0 aliphatic heterocycles. The molecule has 2 aromatic carbocycles. The summed E-state index contributed by atoms with van der Waals surface area (Å²) < 4.78 is 5.00. The Labute approximate surface area is 199 Å². The van der Waals surface area contributed by atoms with Crippen LogP contribution in [0.25, 0.3) is 0 Å². The van der Waals surface area contributed by atoms with Gasteiger partial charge in [0, 0.05) is 0 Å². The Morgan fingerprint density at radius 3 is 2.24 bits per heavy atom. The number of rotatable bonds is 10. The molecule has 0 heterocycles. The van der Waals surface area contributed by atoms with E-state index in [1.54, 1.807) is 12.1 Å². The topological polar surface area (TPSA) is 134 Å². The Kier molecular flexibility index (Phi) is 13.1. The highest BCUT2D eigenvalue weighted by molar-refractivity contribution is 5.90. The van der Waals surface area contributed by atoms with E-state index in [1.165, 1.54) is 5.56 Å². The summed E-state index contributed by atoms with van der Waals surface area (Å²) >= 11 is 0. The summed E-state index contributed by atoms with van der Waals surface area (Å²) in [6.45, 7) is 5.34. The lowest BCUT2D eigenvalue weighted by Crippen LogP contribution is -2.52. The molecular weight excluding hydrogens is 438 g/mol. The number of hydrogen-bond acceptors (Lipinski definition) is 6. The standard InChI is InChI=1S/C18H25N3O5.C7H8O/c1-3-13(2)16(17(24)19-9-10-22)21-15(23)11-20-18(25)26-12-14-7-5-4-6-8-14;1-6-2-4-7(8)5-3-6/h4-8,10,13,16H,3,9,11-12H2,1-2H3,(H,19,24)(H,20,25)(H,21,23);2-5,8H,1H3. The van der Waals surface area contributed by atoms with Crippen LogP contribution in [0.5, 0.6) is 5.75 Å². The molecule has 9 nitrogen and oxygen atoms in total. The maximum atomic E-state index is 12.0. The normalized spacial score (nSPS) is 11.6. The molecule has 0 aromatic heterocycles. The Morgan fingerprint density at radius 1 is 1.03 bits per heavy atom. The molecule has 184 valence electrons. The van der Waals surface area contributed by atoms with Crippen molar-refractivity contribution in [2.75, 3.05) is 13.1 Å². The van der Waals surface area contributed by atoms with Gasteiger partial charge in [0.15, 0.2) is 0 Å². The Hall–Kier alpha value is -3.88. The third-order valence-corrected chi connectivity index (χ3v) is 4.81. The number of carbonyl (C=O) groups excluding carboxylic acids is 4. The maximum Gasteiger partial charge on any atom is 0.407 e. The van der Waals surface area contributed by atoms with Crippen LogP contribution in [0.2, 0.25) is 0 Å². The molecule has 0 bridgehead atoms. The number of ether oxygens (including phenoxy) is 1. The number of aryl methyl sites for hydroxylation is 1. The van der Waals surface area contributed by atoms with Crippen LogP contribution in [0.1, 0.15) is 31.4 Å². The first-order valence-electron chi connectivity index (χ1n) is 11.0. The van der Waals surface area contributed by atoms with Crippen molar-refractivity contribution in [3.05, 3.63) is 65.7 Å². The highest BCUT2D eigenvalue weighted by Gasteiger charge is 2.25. The summed E-state index contributed by atoms with van der Waals surface area (Å²) in [6, 6.07) is 15.4. The van der Waals surface area contributed by atoms with Crippen molar-refractivity contribution >= 4 is 24.2 Å². The Balaban J connectivity index is 0.000000605. The van der Waals surface area contributed by atoms with E-state index in [1.807, 2.05) is 63.2 Å². The second-order valence-corrected chi connectivity index (χ2v) is 7.59. The molecule has 9 heteroatoms. The van der Waals surface area contributed by atoms with Gasteiger partial charge in [0.1, 0.15) is 31.2 Å². The van der Waals surface area contributed by atoms with Gasteiger partial charge in [0.25, 0.3) is 0 Å². The Bertz CT molecular complexity index is 882. The molecule has 0 radical (unpaired) electrons. The van der Waals surface area contributed by atoms with Crippen molar-refractivity contribution < 1.29 is 29.0 Å². The van der Waals surface area contributed by atoms with Crippen molar-refractivity contribution in [2.45, 2.75) is 39.8 Å². The van der Waals surface area contributed by atoms with Crippen molar-refractivity contribution in [3.63, 3.8) is 0 Å². The van der Waals surface area contributed by atoms with Gasteiger partial charge in [0.2, 0.25) is 11.8 Å². The number of phenolic OH excluding ortho intramolecular Hbond substituents is 1. The van der Waals surface area contributed by atoms with E-state index in [0.29, 0.717) is 18.5 Å². The predicted molar refractivity (Wildman–Crippen MR) is 128 cm³/mol. The quantitative estimate of drug-likeness (QED) is 0.393. The first-order valence-corrected chi connectivity index (χ1v) is 11.0. The first-order chi connectivity index (χ1) is 16.3. The number of carbonyl (C=O) groups is 4. The van der Waals surface area contributed by atoms with Crippen LogP contribution >= 0.6 is 0 Å². The van der Waals surface area contributed by atoms with E-state index in [4.69, 9.17) is 9.84 Å². The van der Waals surface area contributed by atoms with Gasteiger partial charge in [0.05, 0.1) is 6.54 Å². The second kappa shape index (κ2) is 15.8. The minimum absolute atomic E-state index is 0.0951. The van der Waals surface area contributed by atoms with Gasteiger partial charge >= 0.3 is 6.09 Å². The van der Waals surface area contributed by atoms with E-state index >= 15 is 0 Å². The second-order valence-electron chi connectivity index (χ2n) is 7.59. The lowest BCUT2D eigenvalue weighted by atomic mass is 9.98. The van der Waals surface area contributed by atoms with Crippen LogP contribution in [0.4, 0.5) is 4.79 Å². The SMILES string of the molecule is CCC(C)C(NC(=O)CNC(=O)OCc1ccccc1)C(=O)NCC=O.Cc1ccc(O)cc1. The summed E-state index contributed by atoms with van der Waals surface area (Å²) in [6.07, 6.45) is 0.499. The minimum Gasteiger partial charge on any atom is -0.508 e. The summed E-state index contributed by atoms with van der Waals surface area (Å²) in [5, 5.41) is 16.1.